The Morgan fingerprint density at radius 3 is 3.00 bits per heavy atom. The molecule has 0 aliphatic heterocycles. The third kappa shape index (κ3) is 2.50. The summed E-state index contributed by atoms with van der Waals surface area (Å²) in [6.45, 7) is 2.21. The Labute approximate surface area is 98.5 Å². The number of rotatable bonds is 5. The molecule has 0 fully saturated rings. The van der Waals surface area contributed by atoms with Gasteiger partial charge >= 0.3 is 0 Å². The second-order valence-electron chi connectivity index (χ2n) is 3.97. The summed E-state index contributed by atoms with van der Waals surface area (Å²) in [6.07, 6.45) is 7.58. The molecule has 2 rings (SSSR count). The zero-order chi connectivity index (χ0) is 11.4. The molecule has 0 bridgehead atoms. The molecule has 86 valence electrons. The SMILES string of the molecule is CCCCCCc1cc2c(=O)[nH]cnc2s1. The lowest BCUT2D eigenvalue weighted by Crippen LogP contribution is -2.03. The summed E-state index contributed by atoms with van der Waals surface area (Å²) in [4.78, 5) is 20.4. The van der Waals surface area contributed by atoms with Gasteiger partial charge in [-0.25, -0.2) is 4.98 Å². The molecule has 0 saturated carbocycles. The summed E-state index contributed by atoms with van der Waals surface area (Å²) >= 11 is 1.64. The van der Waals surface area contributed by atoms with Crippen LogP contribution in [-0.2, 0) is 6.42 Å². The van der Waals surface area contributed by atoms with Crippen LogP contribution < -0.4 is 5.56 Å². The van der Waals surface area contributed by atoms with Crippen LogP contribution in [0.15, 0.2) is 17.2 Å². The van der Waals surface area contributed by atoms with Crippen molar-refractivity contribution >= 4 is 21.6 Å². The number of unbranched alkanes of at least 4 members (excludes halogenated alkanes) is 3. The van der Waals surface area contributed by atoms with Gasteiger partial charge in [0.25, 0.3) is 5.56 Å². The molecule has 0 aliphatic rings. The van der Waals surface area contributed by atoms with Gasteiger partial charge in [0.05, 0.1) is 11.7 Å². The summed E-state index contributed by atoms with van der Waals surface area (Å²) < 4.78 is 0. The van der Waals surface area contributed by atoms with Gasteiger partial charge in [0.1, 0.15) is 4.83 Å². The van der Waals surface area contributed by atoms with E-state index in [1.807, 2.05) is 6.07 Å². The van der Waals surface area contributed by atoms with E-state index in [0.29, 0.717) is 0 Å². The highest BCUT2D eigenvalue weighted by molar-refractivity contribution is 7.18. The number of thiophene rings is 1. The molecule has 0 saturated heterocycles. The van der Waals surface area contributed by atoms with Gasteiger partial charge in [0, 0.05) is 4.88 Å². The number of aryl methyl sites for hydroxylation is 1. The second-order valence-corrected chi connectivity index (χ2v) is 5.09. The zero-order valence-corrected chi connectivity index (χ0v) is 10.3. The number of H-pyrrole nitrogens is 1. The van der Waals surface area contributed by atoms with E-state index in [0.717, 1.165) is 16.6 Å². The summed E-state index contributed by atoms with van der Waals surface area (Å²) in [5, 5.41) is 0.734. The largest absolute Gasteiger partial charge is 0.313 e. The molecule has 1 N–H and O–H groups in total. The average molecular weight is 236 g/mol. The lowest BCUT2D eigenvalue weighted by molar-refractivity contribution is 0.670. The lowest BCUT2D eigenvalue weighted by atomic mass is 10.1. The van der Waals surface area contributed by atoms with Crippen LogP contribution >= 0.6 is 11.3 Å². The minimum atomic E-state index is -0.0268. The van der Waals surface area contributed by atoms with Gasteiger partial charge in [-0.2, -0.15) is 0 Å². The van der Waals surface area contributed by atoms with Gasteiger partial charge in [0.15, 0.2) is 0 Å². The number of hydrogen-bond acceptors (Lipinski definition) is 3. The standard InChI is InChI=1S/C12H16N2OS/c1-2-3-4-5-6-9-7-10-11(15)13-8-14-12(10)16-9/h7-8H,2-6H2,1H3,(H,13,14,15). The van der Waals surface area contributed by atoms with E-state index in [1.54, 1.807) is 11.3 Å². The fourth-order valence-corrected chi connectivity index (χ4v) is 2.80. The van der Waals surface area contributed by atoms with Crippen LogP contribution in [0.25, 0.3) is 10.2 Å². The third-order valence-corrected chi connectivity index (χ3v) is 3.77. The van der Waals surface area contributed by atoms with Crippen LogP contribution in [0.2, 0.25) is 0 Å². The summed E-state index contributed by atoms with van der Waals surface area (Å²) in [5.41, 5.74) is -0.0268. The summed E-state index contributed by atoms with van der Waals surface area (Å²) in [5.74, 6) is 0. The minimum absolute atomic E-state index is 0.0268. The number of fused-ring (bicyclic) bond motifs is 1. The number of nitrogens with zero attached hydrogens (tertiary/aromatic N) is 1. The van der Waals surface area contributed by atoms with Crippen LogP contribution in [0.3, 0.4) is 0 Å². The van der Waals surface area contributed by atoms with E-state index in [4.69, 9.17) is 0 Å². The molecule has 2 heterocycles. The van der Waals surface area contributed by atoms with Gasteiger partial charge in [-0.1, -0.05) is 26.2 Å². The van der Waals surface area contributed by atoms with E-state index in [2.05, 4.69) is 16.9 Å². The highest BCUT2D eigenvalue weighted by Gasteiger charge is 2.05. The predicted molar refractivity (Wildman–Crippen MR) is 68.1 cm³/mol. The van der Waals surface area contributed by atoms with E-state index in [1.165, 1.54) is 36.9 Å². The molecule has 0 spiro atoms. The first-order valence-corrected chi connectivity index (χ1v) is 6.59. The van der Waals surface area contributed by atoms with Crippen LogP contribution in [0, 0.1) is 0 Å². The molecule has 3 nitrogen and oxygen atoms in total. The van der Waals surface area contributed by atoms with Gasteiger partial charge in [0.2, 0.25) is 0 Å². The normalized spacial score (nSPS) is 11.1. The van der Waals surface area contributed by atoms with E-state index in [-0.39, 0.29) is 5.56 Å². The fraction of sp³-hybridized carbons (Fsp3) is 0.500. The molecule has 0 unspecified atom stereocenters. The number of nitrogens with one attached hydrogen (secondary N) is 1. The van der Waals surface area contributed by atoms with Gasteiger partial charge in [-0.05, 0) is 18.9 Å². The quantitative estimate of drug-likeness (QED) is 0.811. The van der Waals surface area contributed by atoms with Crippen molar-refractivity contribution in [3.63, 3.8) is 0 Å². The molecule has 2 aromatic heterocycles. The Morgan fingerprint density at radius 1 is 1.38 bits per heavy atom. The van der Waals surface area contributed by atoms with Gasteiger partial charge in [-0.3, -0.25) is 4.79 Å². The average Bonchev–Trinajstić information content (AvgIpc) is 2.69. The lowest BCUT2D eigenvalue weighted by Gasteiger charge is -1.95. The Hall–Kier alpha value is -1.16. The molecular formula is C12H16N2OS. The van der Waals surface area contributed by atoms with Crippen molar-refractivity contribution in [3.8, 4) is 0 Å². The molecule has 0 amide bonds. The topological polar surface area (TPSA) is 45.8 Å². The summed E-state index contributed by atoms with van der Waals surface area (Å²) in [6, 6.07) is 1.98. The van der Waals surface area contributed by atoms with E-state index >= 15 is 0 Å². The molecule has 16 heavy (non-hydrogen) atoms. The number of aromatic nitrogens is 2. The third-order valence-electron chi connectivity index (χ3n) is 2.66. The maximum absolute atomic E-state index is 11.5. The Kier molecular flexibility index (Phi) is 3.72. The van der Waals surface area contributed by atoms with Gasteiger partial charge < -0.3 is 4.98 Å². The van der Waals surface area contributed by atoms with Crippen molar-refractivity contribution in [2.24, 2.45) is 0 Å². The Balaban J connectivity index is 2.08. The highest BCUT2D eigenvalue weighted by atomic mass is 32.1. The van der Waals surface area contributed by atoms with E-state index < -0.39 is 0 Å². The maximum atomic E-state index is 11.5. The van der Waals surface area contributed by atoms with Crippen LogP contribution in [0.1, 0.15) is 37.5 Å². The predicted octanol–water partition coefficient (Wildman–Crippen LogP) is 3.11. The first-order chi connectivity index (χ1) is 7.81. The van der Waals surface area contributed by atoms with Crippen molar-refractivity contribution < 1.29 is 0 Å². The van der Waals surface area contributed by atoms with Crippen molar-refractivity contribution in [2.75, 3.05) is 0 Å². The van der Waals surface area contributed by atoms with Crippen molar-refractivity contribution in [1.82, 2.24) is 9.97 Å². The molecular weight excluding hydrogens is 220 g/mol. The van der Waals surface area contributed by atoms with Crippen molar-refractivity contribution in [1.29, 1.82) is 0 Å². The van der Waals surface area contributed by atoms with E-state index in [9.17, 15) is 4.79 Å². The minimum Gasteiger partial charge on any atom is -0.313 e. The molecule has 0 aliphatic carbocycles. The Bertz CT molecular complexity index is 515. The Morgan fingerprint density at radius 2 is 2.25 bits per heavy atom. The van der Waals surface area contributed by atoms with Gasteiger partial charge in [-0.15, -0.1) is 11.3 Å². The monoisotopic (exact) mass is 236 g/mol. The zero-order valence-electron chi connectivity index (χ0n) is 9.45. The second kappa shape index (κ2) is 5.25. The molecule has 0 atom stereocenters. The van der Waals surface area contributed by atoms with Crippen molar-refractivity contribution in [2.45, 2.75) is 39.0 Å². The van der Waals surface area contributed by atoms with Crippen LogP contribution in [0.4, 0.5) is 0 Å². The molecule has 2 aromatic rings. The van der Waals surface area contributed by atoms with Crippen LogP contribution in [0.5, 0.6) is 0 Å². The number of hydrogen-bond donors (Lipinski definition) is 1. The maximum Gasteiger partial charge on any atom is 0.259 e. The smallest absolute Gasteiger partial charge is 0.259 e. The molecule has 0 aromatic carbocycles. The summed E-state index contributed by atoms with van der Waals surface area (Å²) in [7, 11) is 0. The first-order valence-electron chi connectivity index (χ1n) is 5.77. The molecule has 0 radical (unpaired) electrons. The molecule has 4 heteroatoms. The number of aromatic amines is 1. The van der Waals surface area contributed by atoms with Crippen molar-refractivity contribution in [3.05, 3.63) is 27.6 Å². The fourth-order valence-electron chi connectivity index (χ4n) is 1.77. The highest BCUT2D eigenvalue weighted by Crippen LogP contribution is 2.22. The van der Waals surface area contributed by atoms with Crippen LogP contribution in [-0.4, -0.2) is 9.97 Å². The first kappa shape index (κ1) is 11.3.